The second kappa shape index (κ2) is 3.19. The van der Waals surface area contributed by atoms with Crippen molar-refractivity contribution in [2.24, 2.45) is 0 Å². The summed E-state index contributed by atoms with van der Waals surface area (Å²) in [6.07, 6.45) is 1.56. The van der Waals surface area contributed by atoms with Crippen LogP contribution in [0.3, 0.4) is 0 Å². The largest absolute Gasteiger partial charge is 0.461 e. The Balaban J connectivity index is 2.03. The highest BCUT2D eigenvalue weighted by molar-refractivity contribution is 5.64. The quantitative estimate of drug-likeness (QED) is 0.572. The normalized spacial score (nSPS) is 10.8. The highest BCUT2D eigenvalue weighted by Gasteiger charge is 2.14. The van der Waals surface area contributed by atoms with Crippen LogP contribution in [0.25, 0.3) is 23.1 Å². The van der Waals surface area contributed by atoms with Gasteiger partial charge in [-0.3, -0.25) is 5.10 Å². The van der Waals surface area contributed by atoms with Gasteiger partial charge in [0.25, 0.3) is 0 Å². The second-order valence-electron chi connectivity index (χ2n) is 3.04. The van der Waals surface area contributed by atoms with E-state index in [1.807, 2.05) is 0 Å². The lowest BCUT2D eigenvalue weighted by atomic mass is 10.4. The number of furan rings is 1. The fraction of sp³-hybridized carbons (Fsp3) is 0. The molecule has 80 valence electrons. The topological polar surface area (TPSA) is 122 Å². The van der Waals surface area contributed by atoms with Crippen molar-refractivity contribution in [2.75, 3.05) is 5.73 Å². The van der Waals surface area contributed by atoms with Gasteiger partial charge in [-0.25, -0.2) is 4.98 Å². The highest BCUT2D eigenvalue weighted by atomic mass is 16.3. The zero-order chi connectivity index (χ0) is 11.0. The van der Waals surface area contributed by atoms with Crippen molar-refractivity contribution in [3.63, 3.8) is 0 Å². The first-order chi connectivity index (χ1) is 7.84. The lowest BCUT2D eigenvalue weighted by Crippen LogP contribution is -1.89. The minimum atomic E-state index is 0.255. The molecule has 0 atom stereocenters. The van der Waals surface area contributed by atoms with Gasteiger partial charge in [0.15, 0.2) is 23.1 Å². The maximum Gasteiger partial charge on any atom is 0.206 e. The fourth-order valence-corrected chi connectivity index (χ4v) is 1.29. The molecule has 3 rings (SSSR count). The molecular formula is C8H7N7O. The zero-order valence-electron chi connectivity index (χ0n) is 8.01. The predicted octanol–water partition coefficient (Wildman–Crippen LogP) is 0.432. The van der Waals surface area contributed by atoms with Crippen molar-refractivity contribution in [1.29, 1.82) is 0 Å². The molecule has 8 nitrogen and oxygen atoms in total. The smallest absolute Gasteiger partial charge is 0.206 e. The van der Waals surface area contributed by atoms with Crippen molar-refractivity contribution >= 4 is 5.82 Å². The number of nitrogen functional groups attached to an aromatic ring is 1. The number of aromatic nitrogens is 6. The molecule has 0 saturated carbocycles. The first-order valence-corrected chi connectivity index (χ1v) is 4.47. The third kappa shape index (κ3) is 1.24. The fourth-order valence-electron chi connectivity index (χ4n) is 1.29. The van der Waals surface area contributed by atoms with Crippen molar-refractivity contribution in [1.82, 2.24) is 30.6 Å². The number of hydrogen-bond acceptors (Lipinski definition) is 6. The lowest BCUT2D eigenvalue weighted by molar-refractivity contribution is 0.577. The summed E-state index contributed by atoms with van der Waals surface area (Å²) in [4.78, 5) is 4.19. The van der Waals surface area contributed by atoms with E-state index in [9.17, 15) is 0 Å². The molecule has 3 aromatic heterocycles. The first kappa shape index (κ1) is 8.65. The Kier molecular flexibility index (Phi) is 1.72. The van der Waals surface area contributed by atoms with Crippen LogP contribution in [0.15, 0.2) is 22.8 Å². The zero-order valence-corrected chi connectivity index (χ0v) is 8.01. The van der Waals surface area contributed by atoms with E-state index in [4.69, 9.17) is 10.2 Å². The van der Waals surface area contributed by atoms with E-state index in [1.165, 1.54) is 0 Å². The van der Waals surface area contributed by atoms with Gasteiger partial charge >= 0.3 is 0 Å². The lowest BCUT2D eigenvalue weighted by Gasteiger charge is -1.87. The van der Waals surface area contributed by atoms with Crippen molar-refractivity contribution in [3.05, 3.63) is 18.4 Å². The van der Waals surface area contributed by atoms with Gasteiger partial charge in [-0.15, -0.1) is 5.10 Å². The molecule has 0 aliphatic rings. The molecule has 0 spiro atoms. The molecule has 3 heterocycles. The summed E-state index contributed by atoms with van der Waals surface area (Å²) in [6, 6.07) is 3.54. The maximum atomic E-state index is 5.58. The maximum absolute atomic E-state index is 5.58. The molecule has 0 amide bonds. The summed E-state index contributed by atoms with van der Waals surface area (Å²) in [6.45, 7) is 0. The summed E-state index contributed by atoms with van der Waals surface area (Å²) in [5.74, 6) is 1.74. The molecule has 4 N–H and O–H groups in total. The van der Waals surface area contributed by atoms with E-state index in [0.29, 0.717) is 23.1 Å². The van der Waals surface area contributed by atoms with Crippen LogP contribution < -0.4 is 5.73 Å². The van der Waals surface area contributed by atoms with Gasteiger partial charge in [-0.1, -0.05) is 0 Å². The molecule has 0 fully saturated rings. The van der Waals surface area contributed by atoms with Crippen LogP contribution in [-0.4, -0.2) is 30.6 Å². The van der Waals surface area contributed by atoms with E-state index in [1.54, 1.807) is 18.4 Å². The van der Waals surface area contributed by atoms with Crippen LogP contribution in [0.2, 0.25) is 0 Å². The van der Waals surface area contributed by atoms with Crippen molar-refractivity contribution in [2.45, 2.75) is 0 Å². The summed E-state index contributed by atoms with van der Waals surface area (Å²) < 4.78 is 5.17. The van der Waals surface area contributed by atoms with E-state index >= 15 is 0 Å². The summed E-state index contributed by atoms with van der Waals surface area (Å²) >= 11 is 0. The third-order valence-electron chi connectivity index (χ3n) is 2.03. The first-order valence-electron chi connectivity index (χ1n) is 4.47. The Hall–Kier alpha value is -2.64. The van der Waals surface area contributed by atoms with Crippen LogP contribution in [0.1, 0.15) is 0 Å². The molecule has 16 heavy (non-hydrogen) atoms. The number of nitrogens with two attached hydrogens (primary N) is 1. The standard InChI is InChI=1S/C8H7N7O/c9-6-5(11-15-12-6)8-10-7(13-14-8)4-2-1-3-16-4/h1-3H,(H,10,13,14)(H3,9,11,12,15). The van der Waals surface area contributed by atoms with E-state index < -0.39 is 0 Å². The number of rotatable bonds is 2. The van der Waals surface area contributed by atoms with E-state index in [2.05, 4.69) is 30.6 Å². The Bertz CT molecular complexity index is 593. The molecule has 0 aromatic carbocycles. The van der Waals surface area contributed by atoms with Crippen LogP contribution in [0.5, 0.6) is 0 Å². The van der Waals surface area contributed by atoms with Gasteiger partial charge in [0.2, 0.25) is 5.82 Å². The summed E-state index contributed by atoms with van der Waals surface area (Å²) in [7, 11) is 0. The van der Waals surface area contributed by atoms with Crippen LogP contribution >= 0.6 is 0 Å². The van der Waals surface area contributed by atoms with Crippen LogP contribution in [0.4, 0.5) is 5.82 Å². The average Bonchev–Trinajstić information content (AvgIpc) is 2.96. The molecule has 8 heteroatoms. The molecule has 3 aromatic rings. The number of nitrogens with zero attached hydrogens (tertiary/aromatic N) is 4. The molecule has 0 aliphatic carbocycles. The third-order valence-corrected chi connectivity index (χ3v) is 2.03. The minimum absolute atomic E-state index is 0.255. The van der Waals surface area contributed by atoms with Gasteiger partial charge in [-0.05, 0) is 12.1 Å². The Morgan fingerprint density at radius 1 is 1.25 bits per heavy atom. The van der Waals surface area contributed by atoms with Gasteiger partial charge in [0, 0.05) is 0 Å². The molecule has 0 aliphatic heterocycles. The number of nitrogens with one attached hydrogen (secondary N) is 2. The highest BCUT2D eigenvalue weighted by Crippen LogP contribution is 2.20. The van der Waals surface area contributed by atoms with Crippen LogP contribution in [0, 0.1) is 0 Å². The van der Waals surface area contributed by atoms with Gasteiger partial charge in [0.05, 0.1) is 6.26 Å². The second-order valence-corrected chi connectivity index (χ2v) is 3.04. The Morgan fingerprint density at radius 2 is 2.19 bits per heavy atom. The van der Waals surface area contributed by atoms with Crippen LogP contribution in [-0.2, 0) is 0 Å². The van der Waals surface area contributed by atoms with Gasteiger partial charge in [-0.2, -0.15) is 15.4 Å². The summed E-state index contributed by atoms with van der Waals surface area (Å²) in [5, 5.41) is 16.6. The van der Waals surface area contributed by atoms with Crippen molar-refractivity contribution in [3.8, 4) is 23.1 Å². The number of aromatic amines is 2. The van der Waals surface area contributed by atoms with E-state index in [-0.39, 0.29) is 5.82 Å². The molecule has 0 radical (unpaired) electrons. The molecule has 0 saturated heterocycles. The number of H-pyrrole nitrogens is 2. The Labute approximate surface area is 88.9 Å². The summed E-state index contributed by atoms with van der Waals surface area (Å²) in [5.41, 5.74) is 5.99. The number of anilines is 1. The van der Waals surface area contributed by atoms with Crippen molar-refractivity contribution < 1.29 is 4.42 Å². The minimum Gasteiger partial charge on any atom is -0.461 e. The molecular weight excluding hydrogens is 210 g/mol. The van der Waals surface area contributed by atoms with Gasteiger partial charge < -0.3 is 10.2 Å². The monoisotopic (exact) mass is 217 g/mol. The average molecular weight is 217 g/mol. The van der Waals surface area contributed by atoms with Gasteiger partial charge in [0.1, 0.15) is 0 Å². The molecule has 0 unspecified atom stereocenters. The Morgan fingerprint density at radius 3 is 2.88 bits per heavy atom. The number of hydrogen-bond donors (Lipinski definition) is 3. The SMILES string of the molecule is Nc1n[nH]nc1-c1n[nH]c(-c2ccco2)n1. The molecule has 0 bridgehead atoms. The predicted molar refractivity (Wildman–Crippen MR) is 53.9 cm³/mol. The van der Waals surface area contributed by atoms with E-state index in [0.717, 1.165) is 0 Å².